The molecule has 1 aromatic carbocycles. The minimum atomic E-state index is -4.39. The first-order chi connectivity index (χ1) is 15.7. The lowest BCUT2D eigenvalue weighted by Gasteiger charge is -2.12. The highest BCUT2D eigenvalue weighted by Crippen LogP contribution is 2.28. The number of nitrogens with zero attached hydrogens (tertiary/aromatic N) is 4. The molecule has 0 aliphatic heterocycles. The van der Waals surface area contributed by atoms with Crippen molar-refractivity contribution in [1.82, 2.24) is 19.4 Å². The zero-order valence-corrected chi connectivity index (χ0v) is 18.2. The molecule has 3 aromatic heterocycles. The molecule has 0 saturated carbocycles. The molecule has 168 valence electrons. The number of ether oxygens (including phenoxy) is 1. The molecule has 3 heterocycles. The third kappa shape index (κ3) is 4.23. The quantitative estimate of drug-likeness (QED) is 0.421. The summed E-state index contributed by atoms with van der Waals surface area (Å²) in [6.07, 6.45) is 5.51. The van der Waals surface area contributed by atoms with Crippen LogP contribution in [0.25, 0.3) is 5.65 Å². The number of hydrogen-bond acceptors (Lipinski definition) is 7. The summed E-state index contributed by atoms with van der Waals surface area (Å²) in [5, 5.41) is 0.0196. The van der Waals surface area contributed by atoms with Crippen molar-refractivity contribution < 1.29 is 21.9 Å². The first-order valence-corrected chi connectivity index (χ1v) is 10.9. The molecule has 3 N–H and O–H groups in total. The van der Waals surface area contributed by atoms with Gasteiger partial charge in [0.1, 0.15) is 11.5 Å². The Labute approximate surface area is 191 Å². The van der Waals surface area contributed by atoms with Gasteiger partial charge < -0.3 is 10.5 Å². The van der Waals surface area contributed by atoms with Gasteiger partial charge in [0.15, 0.2) is 22.2 Å². The second kappa shape index (κ2) is 8.53. The highest BCUT2D eigenvalue weighted by molar-refractivity contribution is 7.92. The number of hydrogen-bond donors (Lipinski definition) is 2. The molecule has 0 spiro atoms. The van der Waals surface area contributed by atoms with Crippen molar-refractivity contribution >= 4 is 38.8 Å². The third-order valence-corrected chi connectivity index (χ3v) is 5.94. The SMILES string of the molecule is COc1ncc(Cl)cc1S(=O)(=O)Nc1ccc(F)c(C#Cc2cnc3c(N)nccn23)c1F. The first kappa shape index (κ1) is 22.3. The Hall–Kier alpha value is -3.95. The monoisotopic (exact) mass is 490 g/mol. The third-order valence-electron chi connectivity index (χ3n) is 4.37. The smallest absolute Gasteiger partial charge is 0.267 e. The van der Waals surface area contributed by atoms with Crippen molar-refractivity contribution in [3.05, 3.63) is 70.9 Å². The normalized spacial score (nSPS) is 11.2. The lowest BCUT2D eigenvalue weighted by atomic mass is 10.1. The number of methoxy groups -OCH3 is 1. The Bertz CT molecular complexity index is 1560. The molecular formula is C20H13ClF2N6O3S. The number of rotatable bonds is 4. The van der Waals surface area contributed by atoms with E-state index in [1.807, 2.05) is 4.72 Å². The van der Waals surface area contributed by atoms with E-state index in [-0.39, 0.29) is 16.7 Å². The van der Waals surface area contributed by atoms with Crippen molar-refractivity contribution in [1.29, 1.82) is 0 Å². The Balaban J connectivity index is 1.74. The van der Waals surface area contributed by atoms with E-state index in [9.17, 15) is 12.8 Å². The summed E-state index contributed by atoms with van der Waals surface area (Å²) < 4.78 is 63.5. The molecule has 13 heteroatoms. The zero-order chi connectivity index (χ0) is 23.8. The number of anilines is 2. The molecule has 0 bridgehead atoms. The number of nitrogens with one attached hydrogen (secondary N) is 1. The van der Waals surface area contributed by atoms with E-state index >= 15 is 4.39 Å². The van der Waals surface area contributed by atoms with Crippen LogP contribution in [-0.4, -0.2) is 34.9 Å². The molecule has 4 rings (SSSR count). The highest BCUT2D eigenvalue weighted by atomic mass is 35.5. The van der Waals surface area contributed by atoms with E-state index in [4.69, 9.17) is 22.1 Å². The summed E-state index contributed by atoms with van der Waals surface area (Å²) in [5.74, 6) is 2.69. The van der Waals surface area contributed by atoms with Crippen molar-refractivity contribution in [2.45, 2.75) is 4.90 Å². The summed E-state index contributed by atoms with van der Waals surface area (Å²) in [6, 6.07) is 2.90. The Morgan fingerprint density at radius 1 is 1.18 bits per heavy atom. The van der Waals surface area contributed by atoms with Crippen molar-refractivity contribution in [2.24, 2.45) is 0 Å². The van der Waals surface area contributed by atoms with Crippen LogP contribution < -0.4 is 15.2 Å². The van der Waals surface area contributed by atoms with Crippen LogP contribution >= 0.6 is 11.6 Å². The van der Waals surface area contributed by atoms with Crippen LogP contribution in [0.4, 0.5) is 20.3 Å². The average molecular weight is 491 g/mol. The Morgan fingerprint density at radius 2 is 1.97 bits per heavy atom. The Morgan fingerprint density at radius 3 is 2.73 bits per heavy atom. The van der Waals surface area contributed by atoms with Crippen LogP contribution in [0.3, 0.4) is 0 Å². The van der Waals surface area contributed by atoms with Crippen LogP contribution in [0.2, 0.25) is 5.02 Å². The molecule has 33 heavy (non-hydrogen) atoms. The second-order valence-electron chi connectivity index (χ2n) is 6.45. The standard InChI is InChI=1S/C20H13ClF2N6O3S/c1-32-20-16(8-11(21)9-27-20)33(30,31)28-15-5-4-14(22)13(17(15)23)3-2-12-10-26-19-18(24)25-6-7-29(12)19/h4-10,28H,1H3,(H2,24,25). The van der Waals surface area contributed by atoms with Gasteiger partial charge >= 0.3 is 0 Å². The molecule has 0 amide bonds. The molecule has 0 saturated heterocycles. The number of halogens is 3. The van der Waals surface area contributed by atoms with Crippen molar-refractivity contribution in [3.8, 4) is 17.7 Å². The van der Waals surface area contributed by atoms with E-state index < -0.39 is 37.8 Å². The van der Waals surface area contributed by atoms with E-state index in [2.05, 4.69) is 26.8 Å². The number of fused-ring (bicyclic) bond motifs is 1. The van der Waals surface area contributed by atoms with Gasteiger partial charge in [0, 0.05) is 18.6 Å². The Kier molecular flexibility index (Phi) is 5.75. The minimum Gasteiger partial charge on any atom is -0.480 e. The summed E-state index contributed by atoms with van der Waals surface area (Å²) >= 11 is 5.83. The maximum Gasteiger partial charge on any atom is 0.267 e. The second-order valence-corrected chi connectivity index (χ2v) is 8.54. The fraction of sp³-hybridized carbons (Fsp3) is 0.0500. The van der Waals surface area contributed by atoms with E-state index in [0.717, 1.165) is 18.2 Å². The molecule has 0 aliphatic carbocycles. The average Bonchev–Trinajstić information content (AvgIpc) is 3.20. The van der Waals surface area contributed by atoms with Crippen LogP contribution in [0.15, 0.2) is 47.9 Å². The van der Waals surface area contributed by atoms with Crippen molar-refractivity contribution in [2.75, 3.05) is 17.6 Å². The minimum absolute atomic E-state index is 0.0196. The van der Waals surface area contributed by atoms with Gasteiger partial charge in [-0.2, -0.15) is 0 Å². The molecule has 0 atom stereocenters. The lowest BCUT2D eigenvalue weighted by Crippen LogP contribution is -2.16. The molecule has 0 fully saturated rings. The van der Waals surface area contributed by atoms with Crippen LogP contribution in [0, 0.1) is 23.5 Å². The maximum atomic E-state index is 15.1. The number of nitrogen functional groups attached to an aromatic ring is 1. The van der Waals surface area contributed by atoms with Gasteiger partial charge in [0.2, 0.25) is 5.88 Å². The van der Waals surface area contributed by atoms with E-state index in [0.29, 0.717) is 11.3 Å². The molecule has 0 aliphatic rings. The van der Waals surface area contributed by atoms with E-state index in [1.54, 1.807) is 0 Å². The number of aromatic nitrogens is 4. The summed E-state index contributed by atoms with van der Waals surface area (Å²) in [5.41, 5.74) is 5.17. The fourth-order valence-electron chi connectivity index (χ4n) is 2.86. The summed E-state index contributed by atoms with van der Waals surface area (Å²) in [6.45, 7) is 0. The molecule has 0 unspecified atom stereocenters. The maximum absolute atomic E-state index is 15.1. The van der Waals surface area contributed by atoms with Gasteiger partial charge in [-0.1, -0.05) is 17.5 Å². The molecular weight excluding hydrogens is 478 g/mol. The predicted octanol–water partition coefficient (Wildman–Crippen LogP) is 2.85. The number of sulfonamides is 1. The van der Waals surface area contributed by atoms with Gasteiger partial charge in [-0.3, -0.25) is 9.12 Å². The van der Waals surface area contributed by atoms with E-state index in [1.165, 1.54) is 36.3 Å². The first-order valence-electron chi connectivity index (χ1n) is 9.01. The number of imidazole rings is 1. The molecule has 0 radical (unpaired) electrons. The largest absolute Gasteiger partial charge is 0.480 e. The number of nitrogens with two attached hydrogens (primary N) is 1. The molecule has 4 aromatic rings. The van der Waals surface area contributed by atoms with Gasteiger partial charge in [-0.05, 0) is 24.1 Å². The number of benzene rings is 1. The lowest BCUT2D eigenvalue weighted by molar-refractivity contribution is 0.385. The van der Waals surface area contributed by atoms with Crippen molar-refractivity contribution in [3.63, 3.8) is 0 Å². The fourth-order valence-corrected chi connectivity index (χ4v) is 4.29. The van der Waals surface area contributed by atoms with Crippen LogP contribution in [0.5, 0.6) is 5.88 Å². The van der Waals surface area contributed by atoms with Crippen LogP contribution in [-0.2, 0) is 10.0 Å². The molecule has 9 nitrogen and oxygen atoms in total. The zero-order valence-electron chi connectivity index (χ0n) is 16.7. The van der Waals surface area contributed by atoms with Gasteiger partial charge in [-0.15, -0.1) is 0 Å². The van der Waals surface area contributed by atoms with Gasteiger partial charge in [0.05, 0.1) is 29.6 Å². The highest BCUT2D eigenvalue weighted by Gasteiger charge is 2.24. The topological polar surface area (TPSA) is 124 Å². The number of pyridine rings is 1. The predicted molar refractivity (Wildman–Crippen MR) is 116 cm³/mol. The summed E-state index contributed by atoms with van der Waals surface area (Å²) in [4.78, 5) is 11.3. The van der Waals surface area contributed by atoms with Gasteiger partial charge in [0.25, 0.3) is 10.0 Å². The van der Waals surface area contributed by atoms with Gasteiger partial charge in [-0.25, -0.2) is 32.2 Å². The van der Waals surface area contributed by atoms with Crippen LogP contribution in [0.1, 0.15) is 11.3 Å². The summed E-state index contributed by atoms with van der Waals surface area (Å²) in [7, 11) is -3.18.